The molecule has 13 rings (SSSR count). The van der Waals surface area contributed by atoms with Gasteiger partial charge in [-0.2, -0.15) is 15.1 Å². The average Bonchev–Trinajstić information content (AvgIpc) is 4.02. The van der Waals surface area contributed by atoms with Crippen molar-refractivity contribution in [2.75, 3.05) is 75.4 Å². The molecule has 7 aliphatic rings. The van der Waals surface area contributed by atoms with E-state index in [-0.39, 0.29) is 81.7 Å². The quantitative estimate of drug-likeness (QED) is 0.120. The second-order valence-electron chi connectivity index (χ2n) is 23.0. The van der Waals surface area contributed by atoms with Gasteiger partial charge in [0, 0.05) is 67.6 Å². The molecule has 1 unspecified atom stereocenters. The van der Waals surface area contributed by atoms with E-state index >= 15 is 22.0 Å². The highest BCUT2D eigenvalue weighted by molar-refractivity contribution is 6.09. The lowest BCUT2D eigenvalue weighted by Gasteiger charge is -2.57. The first-order chi connectivity index (χ1) is 36.1. The van der Waals surface area contributed by atoms with Crippen LogP contribution in [0.2, 0.25) is 0 Å². The van der Waals surface area contributed by atoms with Crippen molar-refractivity contribution in [1.29, 1.82) is 0 Å². The summed E-state index contributed by atoms with van der Waals surface area (Å²) in [5, 5.41) is 11.4. The van der Waals surface area contributed by atoms with Crippen LogP contribution in [0.3, 0.4) is 0 Å². The predicted molar refractivity (Wildman–Crippen MR) is 273 cm³/mol. The van der Waals surface area contributed by atoms with Gasteiger partial charge in [-0.1, -0.05) is 19.1 Å². The number of urea groups is 1. The molecular weight excluding hydrogens is 972 g/mol. The van der Waals surface area contributed by atoms with Gasteiger partial charge < -0.3 is 19.3 Å². The summed E-state index contributed by atoms with van der Waals surface area (Å²) >= 11 is 0. The van der Waals surface area contributed by atoms with Crippen molar-refractivity contribution in [2.24, 2.45) is 10.8 Å². The standard InChI is InChI=1S/C56H61F5N10O4/c1-3-35-41(57)6-5-33-21-32(2)22-38(45(33)35)47-46(59)48-39(27-62-47)49(70-15-4-9-55(29-70)14-20-75-55)65-51(64-48)74-31-54(10-11-54)28-68-18-12-53(13-19-68)25-34(26-53)69-16-7-40(56(60,61)30-69)36-24-43-37(23-42(36)58)50(67-66-43)71-17-8-44(72)63-52(71)73/h5-6,21-24,27,34,40H,3-4,7-20,25-26,28-31H2,1-2H3,(H,66,67)(H,63,72,73)/t40?,55-/m0/s1. The molecule has 394 valence electrons. The SMILES string of the molecule is CCc1c(F)ccc2cc(C)cc(-c3ncc4c(N5CCC[C@]6(CCO6)C5)nc(OCC5(CN6CCC7(CC6)CC(N6CCC(c8cc9[nH]nc(N%10CCC(=O)NC%10=O)c9cc8F)C(F)(F)C6)C7)CC5)nc4c3F)c12. The number of hydrogen-bond acceptors (Lipinski definition) is 11. The number of nitrogens with one attached hydrogen (secondary N) is 2. The Balaban J connectivity index is 0.666. The zero-order valence-electron chi connectivity index (χ0n) is 42.4. The van der Waals surface area contributed by atoms with Crippen molar-refractivity contribution in [3.05, 3.63) is 76.7 Å². The number of halogens is 5. The third kappa shape index (κ3) is 8.55. The number of amides is 3. The monoisotopic (exact) mass is 1030 g/mol. The van der Waals surface area contributed by atoms with Gasteiger partial charge in [-0.25, -0.2) is 26.7 Å². The summed E-state index contributed by atoms with van der Waals surface area (Å²) < 4.78 is 93.3. The number of nitrogens with zero attached hydrogens (tertiary/aromatic N) is 8. The first-order valence-corrected chi connectivity index (χ1v) is 26.8. The van der Waals surface area contributed by atoms with Gasteiger partial charge in [-0.3, -0.25) is 30.0 Å². The summed E-state index contributed by atoms with van der Waals surface area (Å²) in [6, 6.07) is 9.10. The Morgan fingerprint density at radius 2 is 1.69 bits per heavy atom. The summed E-state index contributed by atoms with van der Waals surface area (Å²) in [6.45, 7) is 8.99. The lowest BCUT2D eigenvalue weighted by atomic mass is 9.59. The molecule has 3 amide bonds. The normalized spacial score (nSPS) is 24.8. The third-order valence-corrected chi connectivity index (χ3v) is 18.1. The highest BCUT2D eigenvalue weighted by atomic mass is 19.3. The topological polar surface area (TPSA) is 145 Å². The molecule has 2 spiro atoms. The number of aromatic nitrogens is 5. The maximum absolute atomic E-state index is 17.3. The number of alkyl halides is 2. The molecule has 2 N–H and O–H groups in total. The number of hydrogen-bond donors (Lipinski definition) is 2. The Kier molecular flexibility index (Phi) is 11.7. The first kappa shape index (κ1) is 48.6. The molecule has 5 saturated heterocycles. The Hall–Kier alpha value is -6.05. The highest BCUT2D eigenvalue weighted by Crippen LogP contribution is 2.55. The summed E-state index contributed by atoms with van der Waals surface area (Å²) in [5.74, 6) is -5.89. The van der Waals surface area contributed by atoms with Crippen molar-refractivity contribution in [2.45, 2.75) is 114 Å². The molecular formula is C56H61F5N10O4. The molecule has 3 aromatic heterocycles. The molecule has 3 aromatic carbocycles. The van der Waals surface area contributed by atoms with E-state index in [0.717, 1.165) is 108 Å². The molecule has 2 saturated carbocycles. The smallest absolute Gasteiger partial charge is 0.329 e. The number of pyridine rings is 1. The van der Waals surface area contributed by atoms with Crippen LogP contribution in [0.1, 0.15) is 100 Å². The van der Waals surface area contributed by atoms with Crippen LogP contribution in [0.15, 0.2) is 42.6 Å². The molecule has 14 nitrogen and oxygen atoms in total. The van der Waals surface area contributed by atoms with Crippen LogP contribution in [0.4, 0.5) is 38.4 Å². The van der Waals surface area contributed by atoms with Crippen LogP contribution in [0.5, 0.6) is 6.01 Å². The number of aromatic amines is 1. The summed E-state index contributed by atoms with van der Waals surface area (Å²) in [7, 11) is 0. The van der Waals surface area contributed by atoms with Gasteiger partial charge in [0.25, 0.3) is 5.92 Å². The molecule has 2 aliphatic carbocycles. The van der Waals surface area contributed by atoms with Crippen LogP contribution >= 0.6 is 0 Å². The summed E-state index contributed by atoms with van der Waals surface area (Å²) in [6.07, 6.45) is 10.7. The Morgan fingerprint density at radius 1 is 0.880 bits per heavy atom. The number of imide groups is 1. The molecule has 0 radical (unpaired) electrons. The Morgan fingerprint density at radius 3 is 2.43 bits per heavy atom. The zero-order valence-corrected chi connectivity index (χ0v) is 42.4. The molecule has 5 aliphatic heterocycles. The number of H-pyrrole nitrogens is 1. The van der Waals surface area contributed by atoms with Crippen molar-refractivity contribution >= 4 is 56.2 Å². The van der Waals surface area contributed by atoms with Crippen LogP contribution in [-0.2, 0) is 16.0 Å². The van der Waals surface area contributed by atoms with Crippen molar-refractivity contribution in [1.82, 2.24) is 40.3 Å². The molecule has 8 heterocycles. The number of likely N-dealkylation sites (tertiary alicyclic amines) is 2. The van der Waals surface area contributed by atoms with Gasteiger partial charge in [-0.05, 0) is 148 Å². The van der Waals surface area contributed by atoms with Gasteiger partial charge in [-0.15, -0.1) is 0 Å². The van der Waals surface area contributed by atoms with E-state index in [0.29, 0.717) is 59.4 Å². The van der Waals surface area contributed by atoms with Gasteiger partial charge in [0.15, 0.2) is 11.6 Å². The van der Waals surface area contributed by atoms with Crippen molar-refractivity contribution < 1.29 is 41.0 Å². The highest BCUT2D eigenvalue weighted by Gasteiger charge is 2.54. The van der Waals surface area contributed by atoms with E-state index < -0.39 is 42.0 Å². The number of piperidine rings is 3. The number of carbonyl (C=O) groups is 2. The predicted octanol–water partition coefficient (Wildman–Crippen LogP) is 9.74. The number of carbonyl (C=O) groups excluding carboxylic acids is 2. The second kappa shape index (κ2) is 18.0. The molecule has 6 aromatic rings. The lowest BCUT2D eigenvalue weighted by Crippen LogP contribution is -2.59. The van der Waals surface area contributed by atoms with Gasteiger partial charge >= 0.3 is 12.0 Å². The minimum absolute atomic E-state index is 0.0461. The fourth-order valence-corrected chi connectivity index (χ4v) is 13.7. The molecule has 19 heteroatoms. The van der Waals surface area contributed by atoms with E-state index in [4.69, 9.17) is 24.4 Å². The molecule has 2 atom stereocenters. The fraction of sp³-hybridized carbons (Fsp3) is 0.536. The summed E-state index contributed by atoms with van der Waals surface area (Å²) in [4.78, 5) is 46.5. The van der Waals surface area contributed by atoms with Crippen LogP contribution in [-0.4, -0.2) is 130 Å². The average molecular weight is 1030 g/mol. The van der Waals surface area contributed by atoms with Crippen molar-refractivity contribution in [3.8, 4) is 17.3 Å². The second-order valence-corrected chi connectivity index (χ2v) is 23.0. The Bertz CT molecular complexity index is 3290. The lowest BCUT2D eigenvalue weighted by molar-refractivity contribution is -0.151. The molecule has 7 fully saturated rings. The number of ether oxygens (including phenoxy) is 2. The van der Waals surface area contributed by atoms with Gasteiger partial charge in [0.2, 0.25) is 5.91 Å². The van der Waals surface area contributed by atoms with E-state index in [9.17, 15) is 9.59 Å². The molecule has 75 heavy (non-hydrogen) atoms. The van der Waals surface area contributed by atoms with E-state index in [2.05, 4.69) is 25.3 Å². The van der Waals surface area contributed by atoms with Gasteiger partial charge in [0.1, 0.15) is 28.7 Å². The van der Waals surface area contributed by atoms with E-state index in [1.165, 1.54) is 17.0 Å². The third-order valence-electron chi connectivity index (χ3n) is 18.1. The van der Waals surface area contributed by atoms with Crippen LogP contribution in [0, 0.1) is 35.2 Å². The minimum Gasteiger partial charge on any atom is -0.463 e. The number of fused-ring (bicyclic) bond motifs is 3. The minimum atomic E-state index is -3.16. The van der Waals surface area contributed by atoms with Crippen molar-refractivity contribution in [3.63, 3.8) is 0 Å². The van der Waals surface area contributed by atoms with Crippen LogP contribution < -0.4 is 19.9 Å². The number of aryl methyl sites for hydroxylation is 2. The first-order valence-electron chi connectivity index (χ1n) is 26.8. The van der Waals surface area contributed by atoms with Gasteiger partial charge in [0.05, 0.1) is 42.2 Å². The maximum atomic E-state index is 17.3. The zero-order chi connectivity index (χ0) is 51.6. The summed E-state index contributed by atoms with van der Waals surface area (Å²) in [5.41, 5.74) is 2.18. The van der Waals surface area contributed by atoms with Crippen LogP contribution in [0.25, 0.3) is 43.8 Å². The fourth-order valence-electron chi connectivity index (χ4n) is 13.7. The maximum Gasteiger partial charge on any atom is 0.329 e. The number of benzene rings is 3. The number of anilines is 2. The molecule has 0 bridgehead atoms. The van der Waals surface area contributed by atoms with E-state index in [1.807, 2.05) is 30.9 Å². The largest absolute Gasteiger partial charge is 0.463 e. The van der Waals surface area contributed by atoms with E-state index in [1.54, 1.807) is 12.3 Å². The number of rotatable bonds is 11. The Labute approximate surface area is 430 Å².